The van der Waals surface area contributed by atoms with Crippen molar-refractivity contribution in [2.75, 3.05) is 0 Å². The van der Waals surface area contributed by atoms with Gasteiger partial charge in [0.15, 0.2) is 6.29 Å². The van der Waals surface area contributed by atoms with Gasteiger partial charge in [0.2, 0.25) is 5.82 Å². The molecule has 0 saturated heterocycles. The molecule has 0 radical (unpaired) electrons. The van der Waals surface area contributed by atoms with E-state index in [4.69, 9.17) is 4.98 Å². The van der Waals surface area contributed by atoms with Gasteiger partial charge in [-0.05, 0) is 57.2 Å². The second-order valence-electron chi connectivity index (χ2n) is 10.0. The second kappa shape index (κ2) is 11.9. The third-order valence-electron chi connectivity index (χ3n) is 7.26. The summed E-state index contributed by atoms with van der Waals surface area (Å²) < 4.78 is 2.05. The highest BCUT2D eigenvalue weighted by atomic mass is 16.1. The first-order valence-corrected chi connectivity index (χ1v) is 13.8. The van der Waals surface area contributed by atoms with E-state index in [9.17, 15) is 4.79 Å². The predicted octanol–water partition coefficient (Wildman–Crippen LogP) is 6.95. The van der Waals surface area contributed by atoms with Gasteiger partial charge in [-0.25, -0.2) is 4.98 Å². The zero-order valence-corrected chi connectivity index (χ0v) is 22.9. The third kappa shape index (κ3) is 5.61. The number of nitrogens with zero attached hydrogens (tertiary/aromatic N) is 5. The van der Waals surface area contributed by atoms with Crippen molar-refractivity contribution < 1.29 is 4.79 Å². The van der Waals surface area contributed by atoms with Crippen LogP contribution in [0.4, 0.5) is 0 Å². The number of H-pyrrole nitrogens is 1. The van der Waals surface area contributed by atoms with Crippen LogP contribution in [0.25, 0.3) is 39.4 Å². The van der Waals surface area contributed by atoms with Crippen LogP contribution in [0.3, 0.4) is 0 Å². The van der Waals surface area contributed by atoms with E-state index in [-0.39, 0.29) is 0 Å². The minimum atomic E-state index is 0.559. The number of aromatic amines is 1. The number of benzene rings is 4. The molecule has 6 aromatic rings. The van der Waals surface area contributed by atoms with Gasteiger partial charge in [-0.2, -0.15) is 5.21 Å². The van der Waals surface area contributed by atoms with Crippen molar-refractivity contribution in [2.24, 2.45) is 0 Å². The standard InChI is InChI=1S/C34H30N6O/c1-2-8-33-35-31(14-7-9-24-15-18-26-10-3-4-11-28(26)21-24)32(23-41)40(33)22-25-16-19-27(20-17-25)29-12-5-6-13-30(29)34-36-38-39-37-34/h3-7,10-21,23H,2,8-9,22H2,1H3,(H,36,37,38,39). The van der Waals surface area contributed by atoms with Crippen molar-refractivity contribution in [3.05, 3.63) is 125 Å². The molecule has 41 heavy (non-hydrogen) atoms. The minimum absolute atomic E-state index is 0.559. The highest BCUT2D eigenvalue weighted by molar-refractivity contribution is 5.83. The number of nitrogens with one attached hydrogen (secondary N) is 1. The number of aromatic nitrogens is 6. The van der Waals surface area contributed by atoms with Crippen LogP contribution in [-0.2, 0) is 19.4 Å². The first-order chi connectivity index (χ1) is 20.2. The molecule has 2 aromatic heterocycles. The minimum Gasteiger partial charge on any atom is -0.321 e. The van der Waals surface area contributed by atoms with Gasteiger partial charge < -0.3 is 4.57 Å². The number of fused-ring (bicyclic) bond motifs is 1. The molecule has 0 fully saturated rings. The summed E-state index contributed by atoms with van der Waals surface area (Å²) in [5, 5.41) is 17.0. The van der Waals surface area contributed by atoms with Crippen LogP contribution >= 0.6 is 0 Å². The van der Waals surface area contributed by atoms with Crippen LogP contribution in [0.15, 0.2) is 97.1 Å². The number of aldehydes is 1. The molecule has 0 aliphatic heterocycles. The summed E-state index contributed by atoms with van der Waals surface area (Å²) in [4.78, 5) is 17.2. The van der Waals surface area contributed by atoms with Gasteiger partial charge in [0, 0.05) is 18.5 Å². The van der Waals surface area contributed by atoms with Gasteiger partial charge in [-0.3, -0.25) is 4.79 Å². The fourth-order valence-corrected chi connectivity index (χ4v) is 5.22. The predicted molar refractivity (Wildman–Crippen MR) is 162 cm³/mol. The summed E-state index contributed by atoms with van der Waals surface area (Å²) in [5.41, 5.74) is 6.64. The van der Waals surface area contributed by atoms with Gasteiger partial charge >= 0.3 is 0 Å². The van der Waals surface area contributed by atoms with Gasteiger partial charge in [0.25, 0.3) is 0 Å². The first kappa shape index (κ1) is 26.1. The van der Waals surface area contributed by atoms with Crippen LogP contribution < -0.4 is 0 Å². The fraction of sp³-hybridized carbons (Fsp3) is 0.147. The van der Waals surface area contributed by atoms with Gasteiger partial charge in [0.05, 0.1) is 5.69 Å². The highest BCUT2D eigenvalue weighted by Gasteiger charge is 2.16. The third-order valence-corrected chi connectivity index (χ3v) is 7.26. The molecular weight excluding hydrogens is 508 g/mol. The maximum atomic E-state index is 12.3. The molecule has 0 unspecified atom stereocenters. The number of hydrogen-bond donors (Lipinski definition) is 1. The Kier molecular flexibility index (Phi) is 7.58. The Morgan fingerprint density at radius 3 is 2.37 bits per heavy atom. The SMILES string of the molecule is CCCc1nc(C=CCc2ccc3ccccc3c2)c(C=O)n1Cc1ccc(-c2ccccc2-c2nn[nH]n2)cc1. The van der Waals surface area contributed by atoms with E-state index in [1.165, 1.54) is 16.3 Å². The number of allylic oxidation sites excluding steroid dienone is 1. The smallest absolute Gasteiger partial charge is 0.205 e. The molecule has 2 heterocycles. The molecule has 0 atom stereocenters. The van der Waals surface area contributed by atoms with Crippen LogP contribution in [0.2, 0.25) is 0 Å². The Bertz CT molecular complexity index is 1820. The maximum absolute atomic E-state index is 12.3. The summed E-state index contributed by atoms with van der Waals surface area (Å²) in [7, 11) is 0. The molecule has 0 amide bonds. The average Bonchev–Trinajstić information content (AvgIpc) is 3.66. The molecule has 0 saturated carbocycles. The molecule has 1 N–H and O–H groups in total. The lowest BCUT2D eigenvalue weighted by Crippen LogP contribution is -2.08. The van der Waals surface area contributed by atoms with Crippen LogP contribution in [0.1, 0.15) is 46.5 Å². The molecular formula is C34H30N6O. The number of tetrazole rings is 1. The largest absolute Gasteiger partial charge is 0.321 e. The van der Waals surface area contributed by atoms with Crippen molar-refractivity contribution >= 4 is 23.1 Å². The van der Waals surface area contributed by atoms with E-state index in [0.717, 1.165) is 59.3 Å². The molecule has 0 aliphatic rings. The van der Waals surface area contributed by atoms with Crippen LogP contribution in [0.5, 0.6) is 0 Å². The Hall–Kier alpha value is -5.17. The van der Waals surface area contributed by atoms with Crippen molar-refractivity contribution in [2.45, 2.75) is 32.7 Å². The van der Waals surface area contributed by atoms with Crippen molar-refractivity contribution in [3.63, 3.8) is 0 Å². The van der Waals surface area contributed by atoms with Crippen molar-refractivity contribution in [3.8, 4) is 22.5 Å². The van der Waals surface area contributed by atoms with E-state index in [1.807, 2.05) is 24.3 Å². The molecule has 0 bridgehead atoms. The lowest BCUT2D eigenvalue weighted by Gasteiger charge is -2.11. The number of hydrogen-bond acceptors (Lipinski definition) is 5. The normalized spacial score (nSPS) is 11.4. The zero-order valence-electron chi connectivity index (χ0n) is 22.9. The quantitative estimate of drug-likeness (QED) is 0.191. The molecule has 7 heteroatoms. The molecule has 7 nitrogen and oxygen atoms in total. The summed E-state index contributed by atoms with van der Waals surface area (Å²) in [6.07, 6.45) is 7.52. The van der Waals surface area contributed by atoms with Gasteiger partial charge in [0.1, 0.15) is 11.5 Å². The van der Waals surface area contributed by atoms with Gasteiger partial charge in [-0.1, -0.05) is 104 Å². The van der Waals surface area contributed by atoms with E-state index in [1.54, 1.807) is 0 Å². The molecule has 0 aliphatic carbocycles. The first-order valence-electron chi connectivity index (χ1n) is 13.8. The Morgan fingerprint density at radius 2 is 1.61 bits per heavy atom. The van der Waals surface area contributed by atoms with Gasteiger partial charge in [-0.15, -0.1) is 10.2 Å². The molecule has 0 spiro atoms. The van der Waals surface area contributed by atoms with E-state index in [2.05, 4.69) is 111 Å². The average molecular weight is 539 g/mol. The zero-order chi connectivity index (χ0) is 28.0. The lowest BCUT2D eigenvalue weighted by molar-refractivity contribution is 0.111. The molecule has 202 valence electrons. The molecule has 6 rings (SSSR count). The highest BCUT2D eigenvalue weighted by Crippen LogP contribution is 2.30. The van der Waals surface area contributed by atoms with E-state index < -0.39 is 0 Å². The second-order valence-corrected chi connectivity index (χ2v) is 10.0. The van der Waals surface area contributed by atoms with Crippen LogP contribution in [0, 0.1) is 0 Å². The van der Waals surface area contributed by atoms with Crippen LogP contribution in [-0.4, -0.2) is 36.5 Å². The maximum Gasteiger partial charge on any atom is 0.205 e. The summed E-state index contributed by atoms with van der Waals surface area (Å²) in [6, 6.07) is 31.3. The number of carbonyl (C=O) groups is 1. The topological polar surface area (TPSA) is 89.4 Å². The number of aryl methyl sites for hydroxylation is 1. The number of imidazole rings is 1. The number of rotatable bonds is 10. The summed E-state index contributed by atoms with van der Waals surface area (Å²) in [6.45, 7) is 2.70. The van der Waals surface area contributed by atoms with E-state index >= 15 is 0 Å². The fourth-order valence-electron chi connectivity index (χ4n) is 5.22. The lowest BCUT2D eigenvalue weighted by atomic mass is 9.98. The Labute approximate surface area is 238 Å². The summed E-state index contributed by atoms with van der Waals surface area (Å²) in [5.74, 6) is 1.48. The summed E-state index contributed by atoms with van der Waals surface area (Å²) >= 11 is 0. The Balaban J connectivity index is 1.24. The van der Waals surface area contributed by atoms with Crippen molar-refractivity contribution in [1.29, 1.82) is 0 Å². The Morgan fingerprint density at radius 1 is 0.854 bits per heavy atom. The molecule has 4 aromatic carbocycles. The monoisotopic (exact) mass is 538 g/mol. The van der Waals surface area contributed by atoms with Crippen molar-refractivity contribution in [1.82, 2.24) is 30.2 Å². The van der Waals surface area contributed by atoms with E-state index in [0.29, 0.717) is 18.1 Å². The number of carbonyl (C=O) groups excluding carboxylic acids is 1.